The van der Waals surface area contributed by atoms with Crippen LogP contribution in [0.15, 0.2) is 24.3 Å². The van der Waals surface area contributed by atoms with Crippen molar-refractivity contribution in [1.82, 2.24) is 10.3 Å². The molecule has 0 aliphatic carbocycles. The van der Waals surface area contributed by atoms with E-state index in [9.17, 15) is 0 Å². The molecule has 0 saturated heterocycles. The van der Waals surface area contributed by atoms with E-state index in [1.54, 1.807) is 11.3 Å². The first kappa shape index (κ1) is 12.6. The second-order valence-corrected chi connectivity index (χ2v) is 6.09. The van der Waals surface area contributed by atoms with Crippen molar-refractivity contribution in [3.8, 4) is 16.3 Å². The van der Waals surface area contributed by atoms with Crippen LogP contribution >= 0.6 is 11.3 Å². The molecule has 2 heterocycles. The Morgan fingerprint density at radius 1 is 1.37 bits per heavy atom. The van der Waals surface area contributed by atoms with E-state index in [2.05, 4.69) is 17.4 Å². The van der Waals surface area contributed by atoms with E-state index in [0.29, 0.717) is 0 Å². The molecule has 4 heteroatoms. The highest BCUT2D eigenvalue weighted by Gasteiger charge is 2.15. The van der Waals surface area contributed by atoms with E-state index in [-0.39, 0.29) is 6.10 Å². The van der Waals surface area contributed by atoms with E-state index < -0.39 is 0 Å². The number of hydrogen-bond donors (Lipinski definition) is 1. The monoisotopic (exact) mass is 274 g/mol. The van der Waals surface area contributed by atoms with Gasteiger partial charge in [-0.2, -0.15) is 0 Å². The molecule has 2 aromatic rings. The van der Waals surface area contributed by atoms with Crippen LogP contribution in [-0.2, 0) is 13.0 Å². The highest BCUT2D eigenvalue weighted by molar-refractivity contribution is 7.15. The van der Waals surface area contributed by atoms with Gasteiger partial charge in [0.05, 0.1) is 11.8 Å². The summed E-state index contributed by atoms with van der Waals surface area (Å²) in [4.78, 5) is 6.14. The molecule has 1 aliphatic rings. The van der Waals surface area contributed by atoms with Crippen LogP contribution in [0.2, 0.25) is 0 Å². The zero-order valence-electron chi connectivity index (χ0n) is 11.3. The van der Waals surface area contributed by atoms with Gasteiger partial charge in [0.25, 0.3) is 0 Å². The summed E-state index contributed by atoms with van der Waals surface area (Å²) in [6.07, 6.45) is 1.23. The summed E-state index contributed by atoms with van der Waals surface area (Å²) in [5.41, 5.74) is 2.41. The highest BCUT2D eigenvalue weighted by Crippen LogP contribution is 2.31. The van der Waals surface area contributed by atoms with E-state index in [4.69, 9.17) is 9.72 Å². The Kier molecular flexibility index (Phi) is 3.53. The van der Waals surface area contributed by atoms with Crippen LogP contribution in [0.3, 0.4) is 0 Å². The minimum absolute atomic E-state index is 0.198. The second kappa shape index (κ2) is 5.31. The third kappa shape index (κ3) is 2.80. The summed E-state index contributed by atoms with van der Waals surface area (Å²) in [6, 6.07) is 8.22. The maximum absolute atomic E-state index is 5.74. The van der Waals surface area contributed by atoms with Gasteiger partial charge in [-0.15, -0.1) is 11.3 Å². The third-order valence-electron chi connectivity index (χ3n) is 3.06. The fraction of sp³-hybridized carbons (Fsp3) is 0.400. The van der Waals surface area contributed by atoms with E-state index in [1.807, 2.05) is 26.0 Å². The molecular weight excluding hydrogens is 256 g/mol. The molecular formula is C15H18N2OS. The first-order valence-corrected chi connectivity index (χ1v) is 7.50. The van der Waals surface area contributed by atoms with Crippen molar-refractivity contribution in [3.63, 3.8) is 0 Å². The number of fused-ring (bicyclic) bond motifs is 1. The van der Waals surface area contributed by atoms with Gasteiger partial charge in [0, 0.05) is 30.0 Å². The topological polar surface area (TPSA) is 34.1 Å². The molecule has 3 nitrogen and oxygen atoms in total. The van der Waals surface area contributed by atoms with Gasteiger partial charge in [-0.05, 0) is 26.0 Å². The number of ether oxygens (including phenoxy) is 1. The summed E-state index contributed by atoms with van der Waals surface area (Å²) in [6.45, 7) is 6.07. The molecule has 1 aromatic carbocycles. The number of thiazole rings is 1. The Morgan fingerprint density at radius 3 is 3.05 bits per heavy atom. The molecule has 1 aliphatic heterocycles. The lowest BCUT2D eigenvalue weighted by Gasteiger charge is -2.10. The molecule has 0 saturated carbocycles. The molecule has 0 bridgehead atoms. The smallest absolute Gasteiger partial charge is 0.124 e. The normalized spacial score (nSPS) is 14.5. The average molecular weight is 274 g/mol. The van der Waals surface area contributed by atoms with Crippen LogP contribution in [0.5, 0.6) is 5.75 Å². The number of rotatable bonds is 3. The maximum atomic E-state index is 5.74. The van der Waals surface area contributed by atoms with Gasteiger partial charge in [-0.3, -0.25) is 0 Å². The fourth-order valence-corrected chi connectivity index (χ4v) is 3.30. The first-order chi connectivity index (χ1) is 9.22. The van der Waals surface area contributed by atoms with Gasteiger partial charge >= 0.3 is 0 Å². The van der Waals surface area contributed by atoms with Gasteiger partial charge in [0.1, 0.15) is 10.8 Å². The Morgan fingerprint density at radius 2 is 2.26 bits per heavy atom. The summed E-state index contributed by atoms with van der Waals surface area (Å²) < 4.78 is 5.74. The summed E-state index contributed by atoms with van der Waals surface area (Å²) in [5, 5.41) is 4.49. The minimum atomic E-state index is 0.198. The highest BCUT2D eigenvalue weighted by atomic mass is 32.1. The number of hydrogen-bond acceptors (Lipinski definition) is 4. The molecule has 0 atom stereocenters. The van der Waals surface area contributed by atoms with E-state index in [0.717, 1.165) is 35.8 Å². The molecule has 1 N–H and O–H groups in total. The van der Waals surface area contributed by atoms with Crippen LogP contribution in [0.1, 0.15) is 24.4 Å². The second-order valence-electron chi connectivity index (χ2n) is 5.01. The Hall–Kier alpha value is -1.39. The van der Waals surface area contributed by atoms with Gasteiger partial charge < -0.3 is 10.1 Å². The lowest BCUT2D eigenvalue weighted by atomic mass is 10.2. The Bertz CT molecular complexity index is 554. The molecule has 0 spiro atoms. The predicted octanol–water partition coefficient (Wildman–Crippen LogP) is 3.24. The third-order valence-corrected chi connectivity index (χ3v) is 4.20. The average Bonchev–Trinajstić information content (AvgIpc) is 2.82. The van der Waals surface area contributed by atoms with Crippen molar-refractivity contribution in [1.29, 1.82) is 0 Å². The van der Waals surface area contributed by atoms with Crippen molar-refractivity contribution < 1.29 is 4.74 Å². The van der Waals surface area contributed by atoms with Crippen molar-refractivity contribution in [2.75, 3.05) is 6.54 Å². The van der Waals surface area contributed by atoms with Crippen LogP contribution in [0.4, 0.5) is 0 Å². The van der Waals surface area contributed by atoms with Gasteiger partial charge in [0.2, 0.25) is 0 Å². The van der Waals surface area contributed by atoms with Crippen LogP contribution in [-0.4, -0.2) is 17.6 Å². The molecule has 0 unspecified atom stereocenters. The first-order valence-electron chi connectivity index (χ1n) is 6.69. The zero-order valence-corrected chi connectivity index (χ0v) is 12.1. The molecule has 100 valence electrons. The number of benzene rings is 1. The molecule has 1 aromatic heterocycles. The molecule has 0 radical (unpaired) electrons. The molecule has 0 amide bonds. The van der Waals surface area contributed by atoms with Crippen molar-refractivity contribution in [2.45, 2.75) is 32.9 Å². The SMILES string of the molecule is CC(C)Oc1cccc(-c2nc3c(s2)CNCC3)c1. The fourth-order valence-electron chi connectivity index (χ4n) is 2.22. The maximum Gasteiger partial charge on any atom is 0.124 e. The Balaban J connectivity index is 1.91. The Labute approximate surface area is 117 Å². The van der Waals surface area contributed by atoms with Crippen LogP contribution < -0.4 is 10.1 Å². The van der Waals surface area contributed by atoms with Gasteiger partial charge in [0.15, 0.2) is 0 Å². The van der Waals surface area contributed by atoms with Gasteiger partial charge in [-0.25, -0.2) is 4.98 Å². The van der Waals surface area contributed by atoms with Crippen LogP contribution in [0, 0.1) is 0 Å². The van der Waals surface area contributed by atoms with Crippen molar-refractivity contribution in [2.24, 2.45) is 0 Å². The largest absolute Gasteiger partial charge is 0.491 e. The summed E-state index contributed by atoms with van der Waals surface area (Å²) >= 11 is 1.79. The summed E-state index contributed by atoms with van der Waals surface area (Å²) in [5.74, 6) is 0.916. The van der Waals surface area contributed by atoms with Gasteiger partial charge in [-0.1, -0.05) is 12.1 Å². The molecule has 19 heavy (non-hydrogen) atoms. The van der Waals surface area contributed by atoms with E-state index in [1.165, 1.54) is 10.6 Å². The van der Waals surface area contributed by atoms with E-state index >= 15 is 0 Å². The number of aromatic nitrogens is 1. The van der Waals surface area contributed by atoms with Crippen molar-refractivity contribution in [3.05, 3.63) is 34.8 Å². The zero-order chi connectivity index (χ0) is 13.2. The number of nitrogens with one attached hydrogen (secondary N) is 1. The van der Waals surface area contributed by atoms with Crippen LogP contribution in [0.25, 0.3) is 10.6 Å². The number of nitrogens with zero attached hydrogens (tertiary/aromatic N) is 1. The molecule has 3 rings (SSSR count). The molecule has 0 fully saturated rings. The standard InChI is InChI=1S/C15H18N2OS/c1-10(2)18-12-5-3-4-11(8-12)15-17-13-6-7-16-9-14(13)19-15/h3-5,8,10,16H,6-7,9H2,1-2H3. The lowest BCUT2D eigenvalue weighted by Crippen LogP contribution is -2.22. The summed E-state index contributed by atoms with van der Waals surface area (Å²) in [7, 11) is 0. The lowest BCUT2D eigenvalue weighted by molar-refractivity contribution is 0.242. The quantitative estimate of drug-likeness (QED) is 0.933. The van der Waals surface area contributed by atoms with Crippen molar-refractivity contribution >= 4 is 11.3 Å². The predicted molar refractivity (Wildman–Crippen MR) is 78.7 cm³/mol. The minimum Gasteiger partial charge on any atom is -0.491 e.